The number of anilines is 1. The smallest absolute Gasteiger partial charge is 0.262 e. The van der Waals surface area contributed by atoms with Gasteiger partial charge in [-0.15, -0.1) is 0 Å². The third-order valence-corrected chi connectivity index (χ3v) is 4.60. The Balaban J connectivity index is 1.96. The van der Waals surface area contributed by atoms with E-state index in [1.165, 1.54) is 0 Å². The van der Waals surface area contributed by atoms with Gasteiger partial charge in [-0.25, -0.2) is 0 Å². The van der Waals surface area contributed by atoms with Crippen LogP contribution in [-0.2, 0) is 4.79 Å². The van der Waals surface area contributed by atoms with E-state index in [1.54, 1.807) is 6.07 Å². The number of hydrogen-bond acceptors (Lipinski definition) is 2. The number of ether oxygens (including phenoxy) is 1. The molecular formula is C15H10BrCl2NO2. The van der Waals surface area contributed by atoms with Gasteiger partial charge in [0.25, 0.3) is 5.91 Å². The molecule has 1 heterocycles. The lowest BCUT2D eigenvalue weighted by Crippen LogP contribution is -2.25. The van der Waals surface area contributed by atoms with Gasteiger partial charge in [0, 0.05) is 10.0 Å². The summed E-state index contributed by atoms with van der Waals surface area (Å²) in [5, 5.41) is 3.95. The summed E-state index contributed by atoms with van der Waals surface area (Å²) in [5.41, 5.74) is 2.58. The van der Waals surface area contributed by atoms with Gasteiger partial charge >= 0.3 is 0 Å². The van der Waals surface area contributed by atoms with Crippen LogP contribution in [0.3, 0.4) is 0 Å². The predicted molar refractivity (Wildman–Crippen MR) is 87.8 cm³/mol. The molecule has 1 N–H and O–H groups in total. The van der Waals surface area contributed by atoms with Gasteiger partial charge in [-0.2, -0.15) is 0 Å². The van der Waals surface area contributed by atoms with Crippen molar-refractivity contribution in [1.29, 1.82) is 0 Å². The Bertz CT molecular complexity index is 701. The number of carbonyl (C=O) groups is 1. The summed E-state index contributed by atoms with van der Waals surface area (Å²) >= 11 is 15.7. The molecule has 21 heavy (non-hydrogen) atoms. The number of amides is 1. The van der Waals surface area contributed by atoms with Crippen LogP contribution in [0, 0.1) is 0 Å². The number of fused-ring (bicyclic) bond motifs is 1. The molecule has 1 atom stereocenters. The number of hydrogen-bond donors (Lipinski definition) is 1. The fourth-order valence-electron chi connectivity index (χ4n) is 2.17. The molecule has 0 aromatic heterocycles. The molecule has 0 bridgehead atoms. The highest BCUT2D eigenvalue weighted by molar-refractivity contribution is 9.09. The molecule has 1 aliphatic rings. The zero-order chi connectivity index (χ0) is 15.0. The van der Waals surface area contributed by atoms with Gasteiger partial charge in [0.1, 0.15) is 5.75 Å². The average Bonchev–Trinajstić information content (AvgIpc) is 2.44. The molecule has 2 aromatic carbocycles. The van der Waals surface area contributed by atoms with E-state index in [0.717, 1.165) is 11.1 Å². The van der Waals surface area contributed by atoms with Crippen molar-refractivity contribution in [2.75, 3.05) is 11.9 Å². The van der Waals surface area contributed by atoms with E-state index in [1.807, 2.05) is 30.3 Å². The minimum Gasteiger partial charge on any atom is -0.482 e. The Hall–Kier alpha value is -1.23. The highest BCUT2D eigenvalue weighted by atomic mass is 79.9. The van der Waals surface area contributed by atoms with Crippen LogP contribution in [0.15, 0.2) is 36.4 Å². The molecule has 1 unspecified atom stereocenters. The molecular weight excluding hydrogens is 377 g/mol. The van der Waals surface area contributed by atoms with Gasteiger partial charge in [-0.05, 0) is 41.5 Å². The molecule has 0 radical (unpaired) electrons. The van der Waals surface area contributed by atoms with Crippen molar-refractivity contribution in [3.63, 3.8) is 0 Å². The van der Waals surface area contributed by atoms with Gasteiger partial charge in [0.05, 0.1) is 10.5 Å². The summed E-state index contributed by atoms with van der Waals surface area (Å²) in [7, 11) is 0. The topological polar surface area (TPSA) is 38.3 Å². The largest absolute Gasteiger partial charge is 0.482 e. The first-order chi connectivity index (χ1) is 10.0. The molecule has 0 fully saturated rings. The summed E-state index contributed by atoms with van der Waals surface area (Å²) < 4.78 is 5.34. The number of carbonyl (C=O) groups excluding carboxylic acids is 1. The van der Waals surface area contributed by atoms with E-state index >= 15 is 0 Å². The second-order valence-corrected chi connectivity index (χ2v) is 6.45. The third-order valence-electron chi connectivity index (χ3n) is 3.11. The van der Waals surface area contributed by atoms with E-state index in [-0.39, 0.29) is 17.3 Å². The number of halogens is 3. The molecule has 1 aliphatic heterocycles. The van der Waals surface area contributed by atoms with E-state index in [4.69, 9.17) is 27.9 Å². The van der Waals surface area contributed by atoms with Crippen LogP contribution in [0.25, 0.3) is 0 Å². The van der Waals surface area contributed by atoms with Gasteiger partial charge in [0.15, 0.2) is 6.61 Å². The normalized spacial score (nSPS) is 14.9. The molecule has 3 rings (SSSR count). The van der Waals surface area contributed by atoms with Crippen molar-refractivity contribution in [1.82, 2.24) is 0 Å². The van der Waals surface area contributed by atoms with Crippen LogP contribution in [0.5, 0.6) is 5.75 Å². The number of benzene rings is 2. The van der Waals surface area contributed by atoms with Crippen LogP contribution in [0.1, 0.15) is 16.0 Å². The van der Waals surface area contributed by atoms with E-state index in [9.17, 15) is 4.79 Å². The Kier molecular flexibility index (Phi) is 4.11. The molecule has 0 saturated heterocycles. The summed E-state index contributed by atoms with van der Waals surface area (Å²) in [5.74, 6) is 0.513. The van der Waals surface area contributed by atoms with Gasteiger partial charge in [-0.1, -0.05) is 45.2 Å². The second-order valence-electron chi connectivity index (χ2n) is 4.66. The maximum Gasteiger partial charge on any atom is 0.262 e. The van der Waals surface area contributed by atoms with Crippen molar-refractivity contribution < 1.29 is 9.53 Å². The quantitative estimate of drug-likeness (QED) is 0.752. The lowest BCUT2D eigenvalue weighted by Gasteiger charge is -2.20. The molecule has 0 aliphatic carbocycles. The van der Waals surface area contributed by atoms with Crippen LogP contribution < -0.4 is 10.1 Å². The van der Waals surface area contributed by atoms with Crippen molar-refractivity contribution in [3.8, 4) is 5.75 Å². The lowest BCUT2D eigenvalue weighted by atomic mass is 10.0. The first-order valence-corrected chi connectivity index (χ1v) is 7.87. The maximum absolute atomic E-state index is 11.4. The Labute approximate surface area is 140 Å². The fourth-order valence-corrected chi connectivity index (χ4v) is 3.26. The fraction of sp³-hybridized carbons (Fsp3) is 0.133. The lowest BCUT2D eigenvalue weighted by molar-refractivity contribution is -0.118. The first-order valence-electron chi connectivity index (χ1n) is 6.19. The number of nitrogens with one attached hydrogen (secondary N) is 1. The van der Waals surface area contributed by atoms with E-state index < -0.39 is 0 Å². The Morgan fingerprint density at radius 3 is 2.52 bits per heavy atom. The first kappa shape index (κ1) is 14.7. The molecule has 6 heteroatoms. The van der Waals surface area contributed by atoms with E-state index in [0.29, 0.717) is 21.5 Å². The molecule has 2 aromatic rings. The highest BCUT2D eigenvalue weighted by Crippen LogP contribution is 2.38. The summed E-state index contributed by atoms with van der Waals surface area (Å²) in [6.45, 7) is 0.0496. The summed E-state index contributed by atoms with van der Waals surface area (Å²) in [6.07, 6.45) is 0. The zero-order valence-corrected chi connectivity index (χ0v) is 13.8. The van der Waals surface area contributed by atoms with Gasteiger partial charge in [0.2, 0.25) is 0 Å². The minimum absolute atomic E-state index is 0.0496. The Morgan fingerprint density at radius 2 is 1.81 bits per heavy atom. The Morgan fingerprint density at radius 1 is 1.10 bits per heavy atom. The third kappa shape index (κ3) is 3.18. The number of alkyl halides is 1. The average molecular weight is 387 g/mol. The minimum atomic E-state index is -0.156. The molecule has 108 valence electrons. The molecule has 0 saturated carbocycles. The molecule has 0 spiro atoms. The summed E-state index contributed by atoms with van der Waals surface area (Å²) in [6, 6.07) is 11.0. The predicted octanol–water partition coefficient (Wildman–Crippen LogP) is 4.81. The monoisotopic (exact) mass is 385 g/mol. The van der Waals surface area contributed by atoms with Crippen LogP contribution in [-0.4, -0.2) is 12.5 Å². The summed E-state index contributed by atoms with van der Waals surface area (Å²) in [4.78, 5) is 11.3. The van der Waals surface area contributed by atoms with Crippen molar-refractivity contribution >= 4 is 50.7 Å². The van der Waals surface area contributed by atoms with Gasteiger partial charge < -0.3 is 10.1 Å². The second kappa shape index (κ2) is 5.87. The van der Waals surface area contributed by atoms with Gasteiger partial charge in [-0.3, -0.25) is 4.79 Å². The van der Waals surface area contributed by atoms with Crippen molar-refractivity contribution in [2.45, 2.75) is 4.83 Å². The van der Waals surface area contributed by atoms with Crippen LogP contribution >= 0.6 is 39.1 Å². The number of rotatable bonds is 2. The van der Waals surface area contributed by atoms with E-state index in [2.05, 4.69) is 21.2 Å². The SMILES string of the molecule is O=C1COc2ccc(C(Br)c3cc(Cl)cc(Cl)c3)cc2N1. The van der Waals surface area contributed by atoms with Crippen LogP contribution in [0.2, 0.25) is 10.0 Å². The maximum atomic E-state index is 11.4. The molecule has 3 nitrogen and oxygen atoms in total. The standard InChI is InChI=1S/C15H10BrCl2NO2/c16-15(9-3-10(17)6-11(18)4-9)8-1-2-13-12(5-8)19-14(20)7-21-13/h1-6,15H,7H2,(H,19,20). The zero-order valence-electron chi connectivity index (χ0n) is 10.7. The van der Waals surface area contributed by atoms with Crippen LogP contribution in [0.4, 0.5) is 5.69 Å². The molecule has 1 amide bonds. The highest BCUT2D eigenvalue weighted by Gasteiger charge is 2.19. The van der Waals surface area contributed by atoms with Crippen molar-refractivity contribution in [3.05, 3.63) is 57.6 Å². The van der Waals surface area contributed by atoms with Crippen molar-refractivity contribution in [2.24, 2.45) is 0 Å².